The van der Waals surface area contributed by atoms with Crippen LogP contribution >= 0.6 is 0 Å². The molecule has 0 bridgehead atoms. The molecule has 5 nitrogen and oxygen atoms in total. The number of hydrogen-bond acceptors (Lipinski definition) is 3. The van der Waals surface area contributed by atoms with Crippen LogP contribution in [0.3, 0.4) is 0 Å². The van der Waals surface area contributed by atoms with Gasteiger partial charge in [-0.25, -0.2) is 4.98 Å². The Morgan fingerprint density at radius 3 is 2.15 bits per heavy atom. The summed E-state index contributed by atoms with van der Waals surface area (Å²) in [5, 5.41) is 2.25. The predicted octanol–water partition coefficient (Wildman–Crippen LogP) is 11.0. The normalized spacial score (nSPS) is 11.9. The van der Waals surface area contributed by atoms with Gasteiger partial charge in [0.1, 0.15) is 5.82 Å². The summed E-state index contributed by atoms with van der Waals surface area (Å²) in [4.78, 5) is 9.61. The number of benzene rings is 4. The number of pyridine rings is 1. The fourth-order valence-corrected chi connectivity index (χ4v) is 6.41. The molecule has 0 aliphatic heterocycles. The van der Waals surface area contributed by atoms with Crippen molar-refractivity contribution in [1.82, 2.24) is 19.1 Å². The summed E-state index contributed by atoms with van der Waals surface area (Å²) in [5.41, 5.74) is 7.86. The van der Waals surface area contributed by atoms with Crippen LogP contribution in [0.25, 0.3) is 44.7 Å². The fraction of sp³-hybridized carbons (Fsp3) is 0.238. The Hall–Kier alpha value is -4.47. The van der Waals surface area contributed by atoms with E-state index < -0.39 is 0 Å². The number of aromatic nitrogens is 4. The maximum absolute atomic E-state index is 6.48. The molecule has 0 unspecified atom stereocenters. The third-order valence-corrected chi connectivity index (χ3v) is 8.85. The summed E-state index contributed by atoms with van der Waals surface area (Å²) in [6.45, 7) is 15.6. The molecule has 7 aromatic rings. The third-order valence-electron chi connectivity index (χ3n) is 8.85. The predicted molar refractivity (Wildman–Crippen MR) is 192 cm³/mol. The Balaban J connectivity index is 0.00000401. The van der Waals surface area contributed by atoms with Crippen molar-refractivity contribution in [1.29, 1.82) is 0 Å². The molecule has 3 heterocycles. The molecular weight excluding hydrogens is 772 g/mol. The summed E-state index contributed by atoms with van der Waals surface area (Å²) in [5.74, 6) is 3.63. The Bertz CT molecular complexity index is 2210. The first-order valence-electron chi connectivity index (χ1n) is 16.4. The Labute approximate surface area is 297 Å². The number of para-hydroxylation sites is 2. The summed E-state index contributed by atoms with van der Waals surface area (Å²) >= 11 is 0. The topological polar surface area (TPSA) is 44.9 Å². The smallest absolute Gasteiger partial charge is 0.503 e. The van der Waals surface area contributed by atoms with Crippen LogP contribution in [0.2, 0.25) is 0 Å². The zero-order valence-electron chi connectivity index (χ0n) is 28.5. The summed E-state index contributed by atoms with van der Waals surface area (Å²) in [7, 11) is 0. The van der Waals surface area contributed by atoms with Crippen molar-refractivity contribution < 1.29 is 25.8 Å². The van der Waals surface area contributed by atoms with E-state index >= 15 is 0 Å². The van der Waals surface area contributed by atoms with E-state index in [2.05, 4.69) is 130 Å². The van der Waals surface area contributed by atoms with Gasteiger partial charge in [-0.15, -0.1) is 41.3 Å². The molecule has 0 spiro atoms. The van der Waals surface area contributed by atoms with Gasteiger partial charge in [-0.2, -0.15) is 6.07 Å². The first-order chi connectivity index (χ1) is 22.6. The van der Waals surface area contributed by atoms with Crippen molar-refractivity contribution in [3.63, 3.8) is 0 Å². The molecule has 48 heavy (non-hydrogen) atoms. The minimum atomic E-state index is -0.00275. The van der Waals surface area contributed by atoms with Crippen LogP contribution in [0.5, 0.6) is 11.5 Å². The number of rotatable bonds is 7. The third kappa shape index (κ3) is 6.13. The van der Waals surface area contributed by atoms with Crippen molar-refractivity contribution >= 4 is 21.8 Å². The Morgan fingerprint density at radius 2 is 1.42 bits per heavy atom. The van der Waals surface area contributed by atoms with Gasteiger partial charge in [0, 0.05) is 41.3 Å². The number of fused-ring (bicyclic) bond motifs is 3. The van der Waals surface area contributed by atoms with Crippen molar-refractivity contribution in [2.24, 2.45) is 0 Å². The maximum Gasteiger partial charge on any atom is 2.00 e. The Kier molecular flexibility index (Phi) is 9.20. The Morgan fingerprint density at radius 1 is 0.708 bits per heavy atom. The molecule has 0 N–H and O–H groups in total. The van der Waals surface area contributed by atoms with E-state index in [9.17, 15) is 0 Å². The molecule has 0 radical (unpaired) electrons. The molecule has 0 aliphatic carbocycles. The minimum absolute atomic E-state index is 0. The van der Waals surface area contributed by atoms with E-state index in [1.807, 2.05) is 42.9 Å². The summed E-state index contributed by atoms with van der Waals surface area (Å²) < 4.78 is 10.9. The monoisotopic (exact) mass is 811 g/mol. The molecule has 3 aromatic heterocycles. The second-order valence-corrected chi connectivity index (χ2v) is 13.8. The molecule has 0 saturated carbocycles. The number of nitrogens with zero attached hydrogens (tertiary/aromatic N) is 4. The van der Waals surface area contributed by atoms with Gasteiger partial charge in [-0.1, -0.05) is 96.4 Å². The number of imidazole rings is 1. The molecule has 7 rings (SSSR count). The van der Waals surface area contributed by atoms with Crippen LogP contribution in [0, 0.1) is 12.1 Å². The van der Waals surface area contributed by atoms with Gasteiger partial charge in [0.05, 0.1) is 5.82 Å². The maximum atomic E-state index is 6.48. The van der Waals surface area contributed by atoms with Crippen LogP contribution in [0.15, 0.2) is 104 Å². The fourth-order valence-electron chi connectivity index (χ4n) is 6.41. The van der Waals surface area contributed by atoms with Crippen molar-refractivity contribution in [3.8, 4) is 34.4 Å². The molecule has 0 atom stereocenters. The van der Waals surface area contributed by atoms with E-state index in [0.717, 1.165) is 39.0 Å². The standard InChI is InChI=1S/C42H40N4O.Pt/c1-27(2)33-15-11-16-34(28(3)4)40(33)45-23-22-44-41(45)29-12-10-13-31(24-29)47-32-18-19-36-35-14-8-9-17-37(35)46(38(36)26-32)39-25-30(20-21-43-39)42(5,6)7;/h8-23,25,27-28H,1-7H3;/q-2;+2. The molecule has 0 fully saturated rings. The summed E-state index contributed by atoms with van der Waals surface area (Å²) in [6, 6.07) is 36.4. The van der Waals surface area contributed by atoms with Crippen LogP contribution in [0.1, 0.15) is 77.0 Å². The van der Waals surface area contributed by atoms with E-state index in [4.69, 9.17) is 14.7 Å². The zero-order chi connectivity index (χ0) is 32.9. The van der Waals surface area contributed by atoms with Crippen LogP contribution < -0.4 is 4.74 Å². The molecule has 6 heteroatoms. The average molecular weight is 812 g/mol. The average Bonchev–Trinajstić information content (AvgIpc) is 3.67. The van der Waals surface area contributed by atoms with Crippen molar-refractivity contribution in [2.75, 3.05) is 0 Å². The molecule has 244 valence electrons. The molecule has 0 amide bonds. The second-order valence-electron chi connectivity index (χ2n) is 13.8. The van der Waals surface area contributed by atoms with Crippen LogP contribution in [0.4, 0.5) is 0 Å². The van der Waals surface area contributed by atoms with Crippen molar-refractivity contribution in [2.45, 2.75) is 65.7 Å². The van der Waals surface area contributed by atoms with E-state index in [1.54, 1.807) is 0 Å². The summed E-state index contributed by atoms with van der Waals surface area (Å²) in [6.07, 6.45) is 5.80. The second kappa shape index (κ2) is 13.2. The van der Waals surface area contributed by atoms with Gasteiger partial charge in [-0.05, 0) is 57.5 Å². The van der Waals surface area contributed by atoms with E-state index in [-0.39, 0.29) is 26.5 Å². The van der Waals surface area contributed by atoms with Gasteiger partial charge in [-0.3, -0.25) is 4.98 Å². The first kappa shape index (κ1) is 33.4. The van der Waals surface area contributed by atoms with Gasteiger partial charge in [0.25, 0.3) is 0 Å². The van der Waals surface area contributed by atoms with Crippen LogP contribution in [-0.2, 0) is 26.5 Å². The molecule has 4 aromatic carbocycles. The van der Waals surface area contributed by atoms with Crippen LogP contribution in [-0.4, -0.2) is 19.1 Å². The van der Waals surface area contributed by atoms with Crippen molar-refractivity contribution in [3.05, 3.63) is 132 Å². The SMILES string of the molecule is CC(C)c1cccc(C(C)C)c1-n1ccnc1-c1[c-]c(Oc2[c-]c3c(cc2)c2ccccc2n3-c2cc(C(C)(C)C)ccn2)ccc1.[Pt+2]. The quantitative estimate of drug-likeness (QED) is 0.151. The molecule has 0 saturated heterocycles. The zero-order valence-corrected chi connectivity index (χ0v) is 30.8. The largest absolute Gasteiger partial charge is 2.00 e. The van der Waals surface area contributed by atoms with Gasteiger partial charge < -0.3 is 13.9 Å². The number of ether oxygens (including phenoxy) is 1. The van der Waals surface area contributed by atoms with E-state index in [0.29, 0.717) is 23.3 Å². The van der Waals surface area contributed by atoms with E-state index in [1.165, 1.54) is 22.4 Å². The van der Waals surface area contributed by atoms with Gasteiger partial charge in [0.2, 0.25) is 0 Å². The first-order valence-corrected chi connectivity index (χ1v) is 16.4. The molecule has 0 aliphatic rings. The molecular formula is C42H40N4OPt. The number of hydrogen-bond donors (Lipinski definition) is 0. The minimum Gasteiger partial charge on any atom is -0.503 e. The van der Waals surface area contributed by atoms with Gasteiger partial charge >= 0.3 is 21.1 Å². The van der Waals surface area contributed by atoms with Gasteiger partial charge in [0.15, 0.2) is 0 Å².